The van der Waals surface area contributed by atoms with Gasteiger partial charge in [-0.1, -0.05) is 13.8 Å². The standard InChI is InChI=1S/C7H13F/c1-5(2)7(8)6-3-4-6/h5-7H,3-4H2,1-2H3/t7-/m1/s1. The van der Waals surface area contributed by atoms with Gasteiger partial charge in [-0.25, -0.2) is 4.39 Å². The lowest BCUT2D eigenvalue weighted by atomic mass is 10.1. The van der Waals surface area contributed by atoms with Crippen molar-refractivity contribution in [1.29, 1.82) is 0 Å². The molecule has 1 aliphatic carbocycles. The highest BCUT2D eigenvalue weighted by Gasteiger charge is 2.32. The van der Waals surface area contributed by atoms with E-state index < -0.39 is 6.17 Å². The van der Waals surface area contributed by atoms with E-state index in [0.717, 1.165) is 12.8 Å². The molecule has 1 heteroatoms. The van der Waals surface area contributed by atoms with E-state index in [1.54, 1.807) is 0 Å². The number of rotatable bonds is 2. The zero-order valence-corrected chi connectivity index (χ0v) is 5.52. The first-order chi connectivity index (χ1) is 3.72. The van der Waals surface area contributed by atoms with E-state index in [4.69, 9.17) is 0 Å². The van der Waals surface area contributed by atoms with Crippen LogP contribution in [0.4, 0.5) is 4.39 Å². The molecule has 1 rings (SSSR count). The minimum atomic E-state index is -0.519. The molecular formula is C7H13F. The molecule has 0 radical (unpaired) electrons. The molecule has 0 nitrogen and oxygen atoms in total. The van der Waals surface area contributed by atoms with Gasteiger partial charge in [-0.05, 0) is 24.7 Å². The van der Waals surface area contributed by atoms with Gasteiger partial charge in [-0.3, -0.25) is 0 Å². The van der Waals surface area contributed by atoms with Gasteiger partial charge in [0.15, 0.2) is 0 Å². The molecule has 0 N–H and O–H groups in total. The van der Waals surface area contributed by atoms with Crippen LogP contribution in [-0.4, -0.2) is 6.17 Å². The number of alkyl halides is 1. The Labute approximate surface area is 50.1 Å². The highest BCUT2D eigenvalue weighted by Crippen LogP contribution is 2.37. The summed E-state index contributed by atoms with van der Waals surface area (Å²) in [6.45, 7) is 3.89. The molecule has 1 aliphatic rings. The van der Waals surface area contributed by atoms with Crippen molar-refractivity contribution >= 4 is 0 Å². The van der Waals surface area contributed by atoms with Crippen LogP contribution in [0, 0.1) is 11.8 Å². The summed E-state index contributed by atoms with van der Waals surface area (Å²) < 4.78 is 12.7. The van der Waals surface area contributed by atoms with Crippen LogP contribution in [0.5, 0.6) is 0 Å². The van der Waals surface area contributed by atoms with Crippen LogP contribution in [0.1, 0.15) is 26.7 Å². The minimum Gasteiger partial charge on any atom is -0.247 e. The van der Waals surface area contributed by atoms with Crippen molar-refractivity contribution in [2.24, 2.45) is 11.8 Å². The van der Waals surface area contributed by atoms with Crippen LogP contribution in [-0.2, 0) is 0 Å². The average Bonchev–Trinajstić information content (AvgIpc) is 2.43. The fraction of sp³-hybridized carbons (Fsp3) is 1.00. The molecule has 0 aromatic carbocycles. The number of hydrogen-bond donors (Lipinski definition) is 0. The van der Waals surface area contributed by atoms with E-state index in [9.17, 15) is 4.39 Å². The van der Waals surface area contributed by atoms with Gasteiger partial charge in [0.1, 0.15) is 6.17 Å². The molecule has 1 saturated carbocycles. The highest BCUT2D eigenvalue weighted by atomic mass is 19.1. The molecule has 0 spiro atoms. The largest absolute Gasteiger partial charge is 0.247 e. The van der Waals surface area contributed by atoms with Crippen LogP contribution in [0.25, 0.3) is 0 Å². The molecule has 1 fully saturated rings. The van der Waals surface area contributed by atoms with Crippen LogP contribution in [0.15, 0.2) is 0 Å². The maximum absolute atomic E-state index is 12.7. The van der Waals surface area contributed by atoms with Gasteiger partial charge in [-0.2, -0.15) is 0 Å². The maximum atomic E-state index is 12.7. The van der Waals surface area contributed by atoms with Gasteiger partial charge in [0.25, 0.3) is 0 Å². The quantitative estimate of drug-likeness (QED) is 0.519. The second kappa shape index (κ2) is 2.04. The third-order valence-electron chi connectivity index (χ3n) is 1.71. The lowest BCUT2D eigenvalue weighted by Gasteiger charge is -2.08. The third-order valence-corrected chi connectivity index (χ3v) is 1.71. The molecule has 1 atom stereocenters. The summed E-state index contributed by atoms with van der Waals surface area (Å²) in [5.74, 6) is 0.664. The summed E-state index contributed by atoms with van der Waals surface area (Å²) in [5.41, 5.74) is 0. The van der Waals surface area contributed by atoms with Gasteiger partial charge in [0.2, 0.25) is 0 Å². The summed E-state index contributed by atoms with van der Waals surface area (Å²) in [4.78, 5) is 0. The van der Waals surface area contributed by atoms with Crippen molar-refractivity contribution < 1.29 is 4.39 Å². The van der Waals surface area contributed by atoms with E-state index >= 15 is 0 Å². The van der Waals surface area contributed by atoms with Crippen LogP contribution in [0.3, 0.4) is 0 Å². The number of halogens is 1. The summed E-state index contributed by atoms with van der Waals surface area (Å²) in [5, 5.41) is 0. The summed E-state index contributed by atoms with van der Waals surface area (Å²) in [7, 11) is 0. The first-order valence-corrected chi connectivity index (χ1v) is 3.36. The Morgan fingerprint density at radius 1 is 1.38 bits per heavy atom. The van der Waals surface area contributed by atoms with Crippen LogP contribution >= 0.6 is 0 Å². The third kappa shape index (κ3) is 1.21. The summed E-state index contributed by atoms with van der Waals surface area (Å²) in [6.07, 6.45) is 1.73. The molecule has 0 aliphatic heterocycles. The van der Waals surface area contributed by atoms with E-state index in [1.165, 1.54) is 0 Å². The first-order valence-electron chi connectivity index (χ1n) is 3.36. The van der Waals surface area contributed by atoms with E-state index in [-0.39, 0.29) is 5.92 Å². The molecule has 0 bridgehead atoms. The summed E-state index contributed by atoms with van der Waals surface area (Å²) >= 11 is 0. The van der Waals surface area contributed by atoms with Crippen LogP contribution in [0.2, 0.25) is 0 Å². The Kier molecular flexibility index (Phi) is 1.54. The molecule has 0 aromatic heterocycles. The minimum absolute atomic E-state index is 0.238. The van der Waals surface area contributed by atoms with Crippen LogP contribution < -0.4 is 0 Å². The maximum Gasteiger partial charge on any atom is 0.105 e. The van der Waals surface area contributed by atoms with E-state index in [2.05, 4.69) is 0 Å². The Morgan fingerprint density at radius 2 is 1.88 bits per heavy atom. The topological polar surface area (TPSA) is 0 Å². The van der Waals surface area contributed by atoms with Gasteiger partial charge in [0.05, 0.1) is 0 Å². The van der Waals surface area contributed by atoms with Gasteiger partial charge < -0.3 is 0 Å². The Hall–Kier alpha value is -0.0700. The van der Waals surface area contributed by atoms with E-state index in [0.29, 0.717) is 5.92 Å². The monoisotopic (exact) mass is 116 g/mol. The zero-order valence-electron chi connectivity index (χ0n) is 5.52. The van der Waals surface area contributed by atoms with E-state index in [1.807, 2.05) is 13.8 Å². The molecular weight excluding hydrogens is 103 g/mol. The fourth-order valence-corrected chi connectivity index (χ4v) is 0.959. The van der Waals surface area contributed by atoms with Gasteiger partial charge in [0, 0.05) is 0 Å². The average molecular weight is 116 g/mol. The number of hydrogen-bond acceptors (Lipinski definition) is 0. The lowest BCUT2D eigenvalue weighted by Crippen LogP contribution is -2.10. The Balaban J connectivity index is 2.22. The first kappa shape index (κ1) is 6.06. The van der Waals surface area contributed by atoms with Crippen molar-refractivity contribution in [2.45, 2.75) is 32.9 Å². The predicted octanol–water partition coefficient (Wildman–Crippen LogP) is 2.39. The highest BCUT2D eigenvalue weighted by molar-refractivity contribution is 4.82. The van der Waals surface area contributed by atoms with Gasteiger partial charge >= 0.3 is 0 Å². The molecule has 0 aromatic rings. The second-order valence-electron chi connectivity index (χ2n) is 3.03. The molecule has 8 heavy (non-hydrogen) atoms. The smallest absolute Gasteiger partial charge is 0.105 e. The molecule has 0 amide bonds. The van der Waals surface area contributed by atoms with Crippen molar-refractivity contribution in [3.8, 4) is 0 Å². The lowest BCUT2D eigenvalue weighted by molar-refractivity contribution is 0.225. The Morgan fingerprint density at radius 3 is 2.00 bits per heavy atom. The van der Waals surface area contributed by atoms with Crippen molar-refractivity contribution in [3.63, 3.8) is 0 Å². The summed E-state index contributed by atoms with van der Waals surface area (Å²) in [6, 6.07) is 0. The van der Waals surface area contributed by atoms with Gasteiger partial charge in [-0.15, -0.1) is 0 Å². The van der Waals surface area contributed by atoms with Crippen molar-refractivity contribution in [3.05, 3.63) is 0 Å². The zero-order chi connectivity index (χ0) is 6.15. The fourth-order valence-electron chi connectivity index (χ4n) is 0.959. The van der Waals surface area contributed by atoms with Crippen molar-refractivity contribution in [2.75, 3.05) is 0 Å². The SMILES string of the molecule is CC(C)[C@@H](F)C1CC1. The predicted molar refractivity (Wildman–Crippen MR) is 32.5 cm³/mol. The normalized spacial score (nSPS) is 24.0. The molecule has 0 saturated heterocycles. The molecule has 0 unspecified atom stereocenters. The molecule has 48 valence electrons. The molecule has 0 heterocycles. The second-order valence-corrected chi connectivity index (χ2v) is 3.03. The Bertz CT molecular complexity index is 72.5. The van der Waals surface area contributed by atoms with Crippen molar-refractivity contribution in [1.82, 2.24) is 0 Å².